The predicted molar refractivity (Wildman–Crippen MR) is 111 cm³/mol. The van der Waals surface area contributed by atoms with Crippen LogP contribution in [0.25, 0.3) is 0 Å². The lowest BCUT2D eigenvalue weighted by molar-refractivity contribution is -0.146. The number of nitrogens with zero attached hydrogens (tertiary/aromatic N) is 1. The summed E-state index contributed by atoms with van der Waals surface area (Å²) in [5.74, 6) is -0.479. The summed E-state index contributed by atoms with van der Waals surface area (Å²) < 4.78 is 16.9. The number of hydrogen-bond donors (Lipinski definition) is 1. The van der Waals surface area contributed by atoms with Gasteiger partial charge in [-0.2, -0.15) is 0 Å². The van der Waals surface area contributed by atoms with Gasteiger partial charge in [-0.15, -0.1) is 0 Å². The number of amides is 1. The van der Waals surface area contributed by atoms with E-state index in [-0.39, 0.29) is 24.2 Å². The number of carbonyl (C=O) groups is 2. The second-order valence-electron chi connectivity index (χ2n) is 10.0. The van der Waals surface area contributed by atoms with Crippen LogP contribution in [0.5, 0.6) is 0 Å². The lowest BCUT2D eigenvalue weighted by Crippen LogP contribution is -2.46. The Morgan fingerprint density at radius 3 is 2.21 bits per heavy atom. The molecule has 8 heteroatoms. The van der Waals surface area contributed by atoms with Gasteiger partial charge in [0.1, 0.15) is 5.60 Å². The zero-order valence-corrected chi connectivity index (χ0v) is 20.0. The van der Waals surface area contributed by atoms with Crippen LogP contribution in [-0.2, 0) is 18.7 Å². The summed E-state index contributed by atoms with van der Waals surface area (Å²) in [4.78, 5) is 26.1. The maximum atomic E-state index is 12.7. The first-order chi connectivity index (χ1) is 12.6. The highest BCUT2D eigenvalue weighted by Gasteiger charge is 2.46. The van der Waals surface area contributed by atoms with Crippen molar-refractivity contribution in [1.29, 1.82) is 0 Å². The maximum absolute atomic E-state index is 12.7. The van der Waals surface area contributed by atoms with E-state index in [2.05, 4.69) is 33.9 Å². The topological polar surface area (TPSA) is 85.3 Å². The largest absolute Gasteiger partial charge is 0.466 e. The van der Waals surface area contributed by atoms with E-state index in [0.717, 1.165) is 0 Å². The van der Waals surface area contributed by atoms with Crippen molar-refractivity contribution in [1.82, 2.24) is 4.90 Å². The van der Waals surface area contributed by atoms with Gasteiger partial charge in [0, 0.05) is 6.54 Å². The molecule has 0 bridgehead atoms. The molecule has 3 atom stereocenters. The highest BCUT2D eigenvalue weighted by atomic mass is 28.4. The predicted octanol–water partition coefficient (Wildman–Crippen LogP) is 3.70. The molecule has 1 heterocycles. The molecule has 0 saturated carbocycles. The normalized spacial score (nSPS) is 22.1. The molecular formula is C20H39NO6Si. The zero-order valence-electron chi connectivity index (χ0n) is 19.0. The summed E-state index contributed by atoms with van der Waals surface area (Å²) in [6, 6.07) is -0.547. The lowest BCUT2D eigenvalue weighted by Gasteiger charge is -2.38. The van der Waals surface area contributed by atoms with Crippen molar-refractivity contribution in [3.8, 4) is 0 Å². The molecule has 7 nitrogen and oxygen atoms in total. The van der Waals surface area contributed by atoms with E-state index < -0.39 is 38.1 Å². The number of ether oxygens (including phenoxy) is 2. The van der Waals surface area contributed by atoms with Crippen molar-refractivity contribution in [2.75, 3.05) is 13.2 Å². The second kappa shape index (κ2) is 9.13. The quantitative estimate of drug-likeness (QED) is 0.524. The number of esters is 1. The molecule has 0 aromatic rings. The first-order valence-corrected chi connectivity index (χ1v) is 13.0. The van der Waals surface area contributed by atoms with Gasteiger partial charge in [0.2, 0.25) is 0 Å². The van der Waals surface area contributed by atoms with E-state index >= 15 is 0 Å². The Bertz CT molecular complexity index is 552. The Kier molecular flexibility index (Phi) is 8.13. The first-order valence-electron chi connectivity index (χ1n) is 10.1. The van der Waals surface area contributed by atoms with Crippen LogP contribution in [0.3, 0.4) is 0 Å². The fourth-order valence-corrected chi connectivity index (χ4v) is 4.28. The van der Waals surface area contributed by atoms with Crippen molar-refractivity contribution in [3.63, 3.8) is 0 Å². The molecule has 0 spiro atoms. The van der Waals surface area contributed by atoms with Crippen LogP contribution in [0.4, 0.5) is 4.79 Å². The second-order valence-corrected chi connectivity index (χ2v) is 14.8. The Morgan fingerprint density at radius 1 is 1.18 bits per heavy atom. The average molecular weight is 418 g/mol. The molecule has 1 rings (SSSR count). The molecular weight excluding hydrogens is 378 g/mol. The molecule has 0 aromatic carbocycles. The van der Waals surface area contributed by atoms with E-state index in [9.17, 15) is 14.7 Å². The summed E-state index contributed by atoms with van der Waals surface area (Å²) in [6.07, 6.45) is -1.42. The smallest absolute Gasteiger partial charge is 0.410 e. The summed E-state index contributed by atoms with van der Waals surface area (Å²) >= 11 is 0. The Balaban J connectivity index is 2.98. The number of aliphatic hydroxyl groups is 1. The standard InChI is InChI=1S/C20H39NO6Si/c1-10-25-17(23)12-16(22)15-11-14(27-28(8,9)20(5,6)7)13-21(15)18(24)26-19(2,3)4/h14-16,22H,10-13H2,1-9H3/t14-,15+,16+/m1/s1. The first kappa shape index (κ1) is 24.9. The Hall–Kier alpha value is -1.12. The molecule has 1 amide bonds. The third kappa shape index (κ3) is 7.04. The highest BCUT2D eigenvalue weighted by Crippen LogP contribution is 2.39. The number of likely N-dealkylation sites (tertiary alicyclic amines) is 1. The van der Waals surface area contributed by atoms with Crippen LogP contribution in [0.2, 0.25) is 18.1 Å². The van der Waals surface area contributed by atoms with Gasteiger partial charge in [0.15, 0.2) is 8.32 Å². The highest BCUT2D eigenvalue weighted by molar-refractivity contribution is 6.74. The lowest BCUT2D eigenvalue weighted by atomic mass is 10.0. The van der Waals surface area contributed by atoms with Gasteiger partial charge >= 0.3 is 12.1 Å². The van der Waals surface area contributed by atoms with Gasteiger partial charge in [-0.25, -0.2) is 4.79 Å². The number of aliphatic hydroxyl groups excluding tert-OH is 1. The number of rotatable bonds is 6. The van der Waals surface area contributed by atoms with Crippen LogP contribution in [0, 0.1) is 0 Å². The van der Waals surface area contributed by atoms with Gasteiger partial charge in [0.05, 0.1) is 31.3 Å². The molecule has 1 N–H and O–H groups in total. The summed E-state index contributed by atoms with van der Waals surface area (Å²) in [6.45, 7) is 18.5. The van der Waals surface area contributed by atoms with Crippen LogP contribution in [-0.4, -0.2) is 67.4 Å². The third-order valence-corrected chi connectivity index (χ3v) is 9.86. The van der Waals surface area contributed by atoms with Crippen molar-refractivity contribution in [3.05, 3.63) is 0 Å². The molecule has 0 aliphatic carbocycles. The van der Waals surface area contributed by atoms with Crippen molar-refractivity contribution in [2.45, 2.75) is 103 Å². The molecule has 0 unspecified atom stereocenters. The summed E-state index contributed by atoms with van der Waals surface area (Å²) in [5.41, 5.74) is -0.647. The van der Waals surface area contributed by atoms with E-state index in [0.29, 0.717) is 13.0 Å². The minimum absolute atomic E-state index is 0.0331. The van der Waals surface area contributed by atoms with Gasteiger partial charge in [-0.05, 0) is 52.2 Å². The molecule has 0 radical (unpaired) electrons. The summed E-state index contributed by atoms with van der Waals surface area (Å²) in [5, 5.41) is 10.7. The Morgan fingerprint density at radius 2 is 1.75 bits per heavy atom. The van der Waals surface area contributed by atoms with Gasteiger partial charge < -0.3 is 19.0 Å². The van der Waals surface area contributed by atoms with Crippen molar-refractivity contribution >= 4 is 20.4 Å². The minimum atomic E-state index is -2.04. The molecule has 0 aromatic heterocycles. The van der Waals surface area contributed by atoms with Crippen molar-refractivity contribution in [2.24, 2.45) is 0 Å². The molecule has 164 valence electrons. The summed E-state index contributed by atoms with van der Waals surface area (Å²) in [7, 11) is -2.04. The minimum Gasteiger partial charge on any atom is -0.466 e. The van der Waals surface area contributed by atoms with E-state index in [1.54, 1.807) is 27.7 Å². The molecule has 1 aliphatic heterocycles. The fraction of sp³-hybridized carbons (Fsp3) is 0.900. The zero-order chi connectivity index (χ0) is 21.9. The van der Waals surface area contributed by atoms with E-state index in [4.69, 9.17) is 13.9 Å². The van der Waals surface area contributed by atoms with Gasteiger partial charge in [-0.3, -0.25) is 9.69 Å². The van der Waals surface area contributed by atoms with Crippen LogP contribution in [0.1, 0.15) is 61.3 Å². The fourth-order valence-electron chi connectivity index (χ4n) is 2.93. The van der Waals surface area contributed by atoms with Crippen LogP contribution >= 0.6 is 0 Å². The van der Waals surface area contributed by atoms with Crippen molar-refractivity contribution < 1.29 is 28.6 Å². The monoisotopic (exact) mass is 417 g/mol. The molecule has 1 saturated heterocycles. The van der Waals surface area contributed by atoms with Crippen LogP contribution in [0.15, 0.2) is 0 Å². The van der Waals surface area contributed by atoms with Crippen LogP contribution < -0.4 is 0 Å². The molecule has 28 heavy (non-hydrogen) atoms. The Labute approximate surface area is 170 Å². The number of carbonyl (C=O) groups excluding carboxylic acids is 2. The molecule has 1 aliphatic rings. The maximum Gasteiger partial charge on any atom is 0.410 e. The van der Waals surface area contributed by atoms with Gasteiger partial charge in [-0.1, -0.05) is 20.8 Å². The van der Waals surface area contributed by atoms with E-state index in [1.807, 2.05) is 0 Å². The van der Waals surface area contributed by atoms with Gasteiger partial charge in [0.25, 0.3) is 0 Å². The molecule has 1 fully saturated rings. The SMILES string of the molecule is CCOC(=O)C[C@H](O)[C@@H]1C[C@@H](O[Si](C)(C)C(C)(C)C)CN1C(=O)OC(C)(C)C. The third-order valence-electron chi connectivity index (χ3n) is 5.33. The van der Waals surface area contributed by atoms with E-state index in [1.165, 1.54) is 4.90 Å². The number of hydrogen-bond acceptors (Lipinski definition) is 6. The average Bonchev–Trinajstić information content (AvgIpc) is 2.87.